The Labute approximate surface area is 318 Å². The molecule has 10 nitrogen and oxygen atoms in total. The molecule has 5 rings (SSSR count). The van der Waals surface area contributed by atoms with E-state index in [0.29, 0.717) is 47.9 Å². The van der Waals surface area contributed by atoms with Crippen LogP contribution in [0, 0.1) is 0 Å². The summed E-state index contributed by atoms with van der Waals surface area (Å²) >= 11 is 0. The standard InChI is InChI=1S/C43H51N3O7S/c1-7-42(3,4)28-17-22-38(35(25-28)43(5,6)8-2)52-24-12-23-45-41(49)34-26-37(31-13-9-10-14-32(31)40(34)48)46-54(50,51)30-20-18-29(19-21-30)53-39(27-47)33-15-11-16-36(33)44/h9-10,13-14,17-22,25-26,46,48H,7-8,11-12,15-16,23-24,44H2,1-6H3,(H,45,49). The van der Waals surface area contributed by atoms with Crippen LogP contribution in [0.15, 0.2) is 94.7 Å². The average molecular weight is 754 g/mol. The quantitative estimate of drug-likeness (QED) is 0.0385. The van der Waals surface area contributed by atoms with Gasteiger partial charge in [-0.15, -0.1) is 0 Å². The molecule has 0 saturated carbocycles. The van der Waals surface area contributed by atoms with E-state index >= 15 is 0 Å². The van der Waals surface area contributed by atoms with Gasteiger partial charge in [0.05, 0.1) is 22.8 Å². The van der Waals surface area contributed by atoms with E-state index in [4.69, 9.17) is 15.2 Å². The molecule has 0 radical (unpaired) electrons. The molecule has 0 heterocycles. The molecule has 286 valence electrons. The molecule has 0 aliphatic heterocycles. The van der Waals surface area contributed by atoms with Gasteiger partial charge in [0.15, 0.2) is 5.94 Å². The lowest BCUT2D eigenvalue weighted by Crippen LogP contribution is -2.26. The van der Waals surface area contributed by atoms with Crippen molar-refractivity contribution in [3.8, 4) is 17.2 Å². The molecule has 0 bridgehead atoms. The Kier molecular flexibility index (Phi) is 12.1. The molecule has 0 spiro atoms. The zero-order valence-corrected chi connectivity index (χ0v) is 32.8. The van der Waals surface area contributed by atoms with Crippen LogP contribution in [0.25, 0.3) is 10.8 Å². The maximum absolute atomic E-state index is 13.6. The van der Waals surface area contributed by atoms with E-state index in [-0.39, 0.29) is 50.8 Å². The Morgan fingerprint density at radius 3 is 2.24 bits per heavy atom. The number of rotatable bonds is 16. The topological polar surface area (TPSA) is 157 Å². The lowest BCUT2D eigenvalue weighted by molar-refractivity contribution is 0.0949. The number of anilines is 1. The van der Waals surface area contributed by atoms with Crippen LogP contribution >= 0.6 is 0 Å². The van der Waals surface area contributed by atoms with Crippen molar-refractivity contribution >= 4 is 38.3 Å². The van der Waals surface area contributed by atoms with E-state index in [0.717, 1.165) is 30.6 Å². The Morgan fingerprint density at radius 2 is 1.61 bits per heavy atom. The van der Waals surface area contributed by atoms with Crippen molar-refractivity contribution in [3.05, 3.63) is 107 Å². The van der Waals surface area contributed by atoms with Crippen LogP contribution in [0.2, 0.25) is 0 Å². The lowest BCUT2D eigenvalue weighted by atomic mass is 9.76. The second-order valence-corrected chi connectivity index (χ2v) is 16.7. The van der Waals surface area contributed by atoms with Crippen molar-refractivity contribution in [1.29, 1.82) is 0 Å². The minimum Gasteiger partial charge on any atom is -0.506 e. The number of fused-ring (bicyclic) bond motifs is 1. The second-order valence-electron chi connectivity index (χ2n) is 15.0. The number of amides is 1. The van der Waals surface area contributed by atoms with Gasteiger partial charge in [-0.1, -0.05) is 77.9 Å². The highest BCUT2D eigenvalue weighted by Gasteiger charge is 2.27. The molecule has 11 heteroatoms. The number of phenols is 1. The third kappa shape index (κ3) is 8.75. The number of phenolic OH excluding ortho intramolecular Hbond substituents is 1. The van der Waals surface area contributed by atoms with Gasteiger partial charge in [0.1, 0.15) is 17.2 Å². The number of hydrogen-bond acceptors (Lipinski definition) is 8. The van der Waals surface area contributed by atoms with Crippen molar-refractivity contribution in [3.63, 3.8) is 0 Å². The summed E-state index contributed by atoms with van der Waals surface area (Å²) in [4.78, 5) is 24.9. The molecule has 4 aromatic rings. The molecule has 0 aromatic heterocycles. The normalized spacial score (nSPS) is 13.4. The van der Waals surface area contributed by atoms with Crippen LogP contribution in [0.5, 0.6) is 17.2 Å². The number of nitrogens with one attached hydrogen (secondary N) is 2. The zero-order chi connectivity index (χ0) is 39.3. The van der Waals surface area contributed by atoms with Crippen LogP contribution in [0.4, 0.5) is 5.69 Å². The van der Waals surface area contributed by atoms with Gasteiger partial charge in [-0.25, -0.2) is 13.2 Å². The van der Waals surface area contributed by atoms with Crippen molar-refractivity contribution in [1.82, 2.24) is 5.32 Å². The number of aromatic hydroxyl groups is 1. The Bertz CT molecular complexity index is 2220. The summed E-state index contributed by atoms with van der Waals surface area (Å²) < 4.78 is 41.7. The number of sulfonamides is 1. The molecule has 0 fully saturated rings. The van der Waals surface area contributed by atoms with Crippen LogP contribution < -0.4 is 25.2 Å². The summed E-state index contributed by atoms with van der Waals surface area (Å²) in [7, 11) is -4.16. The molecular formula is C43H51N3O7S. The van der Waals surface area contributed by atoms with E-state index in [9.17, 15) is 23.1 Å². The molecule has 54 heavy (non-hydrogen) atoms. The first kappa shape index (κ1) is 39.9. The maximum Gasteiger partial charge on any atom is 0.261 e. The largest absolute Gasteiger partial charge is 0.506 e. The van der Waals surface area contributed by atoms with E-state index < -0.39 is 15.9 Å². The molecule has 0 atom stereocenters. The van der Waals surface area contributed by atoms with E-state index in [1.165, 1.54) is 35.9 Å². The monoisotopic (exact) mass is 753 g/mol. The van der Waals surface area contributed by atoms with Gasteiger partial charge in [0, 0.05) is 34.2 Å². The average Bonchev–Trinajstić information content (AvgIpc) is 3.60. The number of ether oxygens (including phenoxy) is 2. The van der Waals surface area contributed by atoms with Crippen molar-refractivity contribution in [2.45, 2.75) is 95.8 Å². The number of carbonyl (C=O) groups is 1. The number of hydrogen-bond donors (Lipinski definition) is 4. The van der Waals surface area contributed by atoms with E-state index in [1.54, 1.807) is 30.2 Å². The first-order valence-corrected chi connectivity index (χ1v) is 19.9. The number of benzene rings is 4. The van der Waals surface area contributed by atoms with Crippen LogP contribution in [-0.2, 0) is 25.6 Å². The van der Waals surface area contributed by atoms with Gasteiger partial charge in [0.2, 0.25) is 5.76 Å². The minimum atomic E-state index is -4.16. The van der Waals surface area contributed by atoms with Gasteiger partial charge in [-0.05, 0) is 91.3 Å². The van der Waals surface area contributed by atoms with Crippen molar-refractivity contribution < 1.29 is 32.6 Å². The second kappa shape index (κ2) is 16.4. The molecule has 1 aliphatic carbocycles. The van der Waals surface area contributed by atoms with Crippen LogP contribution in [0.3, 0.4) is 0 Å². The SMILES string of the molecule is CCC(C)(C)c1ccc(OCCCNC(=O)c2cc(NS(=O)(=O)c3ccc(OC(=C=O)C4=C(N)CCC4)cc3)c3ccccc3c2O)c(C(C)(C)CC)c1. The van der Waals surface area contributed by atoms with Crippen LogP contribution in [-0.4, -0.2) is 38.5 Å². The summed E-state index contributed by atoms with van der Waals surface area (Å²) in [5.74, 6) is 2.03. The Morgan fingerprint density at radius 1 is 0.926 bits per heavy atom. The van der Waals surface area contributed by atoms with Gasteiger partial charge >= 0.3 is 0 Å². The van der Waals surface area contributed by atoms with E-state index in [2.05, 4.69) is 63.7 Å². The van der Waals surface area contributed by atoms with Gasteiger partial charge in [-0.2, -0.15) is 0 Å². The molecule has 1 aliphatic rings. The molecular weight excluding hydrogens is 703 g/mol. The highest BCUT2D eigenvalue weighted by Crippen LogP contribution is 2.39. The summed E-state index contributed by atoms with van der Waals surface area (Å²) in [5.41, 5.74) is 9.61. The fourth-order valence-electron chi connectivity index (χ4n) is 6.35. The van der Waals surface area contributed by atoms with Gasteiger partial charge < -0.3 is 25.6 Å². The van der Waals surface area contributed by atoms with Crippen molar-refractivity contribution in [2.24, 2.45) is 5.73 Å². The number of carbonyl (C=O) groups excluding carboxylic acids is 2. The fraction of sp³-hybridized carbons (Fsp3) is 0.372. The third-order valence-corrected chi connectivity index (χ3v) is 12.0. The smallest absolute Gasteiger partial charge is 0.261 e. The predicted molar refractivity (Wildman–Crippen MR) is 213 cm³/mol. The van der Waals surface area contributed by atoms with E-state index in [1.807, 2.05) is 6.07 Å². The summed E-state index contributed by atoms with van der Waals surface area (Å²) in [6.45, 7) is 13.9. The first-order valence-electron chi connectivity index (χ1n) is 18.5. The molecule has 4 aromatic carbocycles. The molecule has 1 amide bonds. The Balaban J connectivity index is 1.28. The fourth-order valence-corrected chi connectivity index (χ4v) is 7.42. The number of allylic oxidation sites excluding steroid dienone is 2. The summed E-state index contributed by atoms with van der Waals surface area (Å²) in [6.07, 6.45) is 4.55. The number of nitrogens with two attached hydrogens (primary N) is 1. The minimum absolute atomic E-state index is 0.0147. The third-order valence-electron chi connectivity index (χ3n) is 10.6. The predicted octanol–water partition coefficient (Wildman–Crippen LogP) is 8.41. The van der Waals surface area contributed by atoms with Crippen LogP contribution in [0.1, 0.15) is 102 Å². The van der Waals surface area contributed by atoms with Gasteiger partial charge in [0.25, 0.3) is 15.9 Å². The maximum atomic E-state index is 13.6. The van der Waals surface area contributed by atoms with Gasteiger partial charge in [-0.3, -0.25) is 9.52 Å². The Hall–Kier alpha value is -5.25. The summed E-state index contributed by atoms with van der Waals surface area (Å²) in [5, 5.41) is 14.7. The zero-order valence-electron chi connectivity index (χ0n) is 32.0. The molecule has 0 unspecified atom stereocenters. The van der Waals surface area contributed by atoms with Crippen molar-refractivity contribution in [2.75, 3.05) is 17.9 Å². The molecule has 0 saturated heterocycles. The first-order chi connectivity index (χ1) is 25.6. The highest BCUT2D eigenvalue weighted by atomic mass is 32.2. The highest BCUT2D eigenvalue weighted by molar-refractivity contribution is 7.92. The molecule has 5 N–H and O–H groups in total. The summed E-state index contributed by atoms with van der Waals surface area (Å²) in [6, 6.07) is 20.0. The lowest BCUT2D eigenvalue weighted by Gasteiger charge is -2.30.